The third kappa shape index (κ3) is 6.67. The van der Waals surface area contributed by atoms with Gasteiger partial charge in [-0.25, -0.2) is 0 Å². The van der Waals surface area contributed by atoms with Gasteiger partial charge in [0.25, 0.3) is 0 Å². The number of Topliss-reactive ketones (excluding diaryl/α,β-unsaturated/α-hetero) is 1. The molecule has 0 aliphatic carbocycles. The number of carbonyl (C=O) groups is 1. The number of rotatable bonds is 18. The third-order valence-corrected chi connectivity index (χ3v) is 9.93. The van der Waals surface area contributed by atoms with E-state index in [1.165, 1.54) is 0 Å². The van der Waals surface area contributed by atoms with E-state index in [4.69, 9.17) is 37.9 Å². The third-order valence-electron chi connectivity index (χ3n) is 9.93. The molecule has 6 aromatic rings. The summed E-state index contributed by atoms with van der Waals surface area (Å²) < 4.78 is 49.5. The quantitative estimate of drug-likeness (QED) is 0.0812. The zero-order valence-electron chi connectivity index (χ0n) is 31.3. The van der Waals surface area contributed by atoms with Gasteiger partial charge < -0.3 is 47.0 Å². The molecule has 0 aliphatic heterocycles. The number of ketones is 1. The number of aryl methyl sites for hydroxylation is 2. The van der Waals surface area contributed by atoms with Crippen molar-refractivity contribution in [1.29, 1.82) is 0 Å². The van der Waals surface area contributed by atoms with Crippen LogP contribution in [0.15, 0.2) is 48.5 Å². The first kappa shape index (κ1) is 36.3. The lowest BCUT2D eigenvalue weighted by atomic mass is 10.1. The van der Waals surface area contributed by atoms with Crippen LogP contribution < -0.4 is 37.9 Å². The summed E-state index contributed by atoms with van der Waals surface area (Å²) in [6.07, 6.45) is 4.33. The van der Waals surface area contributed by atoms with Crippen LogP contribution in [0.2, 0.25) is 0 Å². The Hall–Kier alpha value is -5.45. The summed E-state index contributed by atoms with van der Waals surface area (Å²) in [5.41, 5.74) is 4.08. The predicted molar refractivity (Wildman–Crippen MR) is 204 cm³/mol. The smallest absolute Gasteiger partial charge is 0.162 e. The lowest BCUT2D eigenvalue weighted by molar-refractivity contribution is -0.119. The number of unbranched alkanes of at least 4 members (excludes halogenated alkanes) is 2. The summed E-state index contributed by atoms with van der Waals surface area (Å²) in [5.74, 6) is 5.55. The molecule has 11 heteroatoms. The number of methoxy groups -OCH3 is 8. The van der Waals surface area contributed by atoms with Crippen LogP contribution in [-0.4, -0.2) is 71.8 Å². The van der Waals surface area contributed by atoms with E-state index in [9.17, 15) is 4.79 Å². The first-order valence-corrected chi connectivity index (χ1v) is 17.5. The van der Waals surface area contributed by atoms with Crippen LogP contribution in [-0.2, 0) is 17.9 Å². The van der Waals surface area contributed by atoms with E-state index in [0.29, 0.717) is 58.8 Å². The van der Waals surface area contributed by atoms with Crippen molar-refractivity contribution in [2.75, 3.05) is 56.9 Å². The Kier molecular flexibility index (Phi) is 11.1. The molecule has 6 rings (SSSR count). The van der Waals surface area contributed by atoms with Gasteiger partial charge in [0.15, 0.2) is 46.0 Å². The fourth-order valence-corrected chi connectivity index (χ4v) is 7.28. The van der Waals surface area contributed by atoms with Crippen LogP contribution in [0.5, 0.6) is 46.0 Å². The standard InChI is InChI=1S/C41H48N2O9/c1-45-34-17-26-27-18-35(46-2)39(50-6)22-31(27)42(30(26)21-38(34)49-5)15-11-9-13-25(44)14-10-12-16-43-32-23-40(51-7)36(47-3)19-28(32)29-20-37(48-4)41(52-8)24-33(29)43/h17-24H,9-16H2,1-8H3. The maximum absolute atomic E-state index is 13.1. The molecular formula is C41H48N2O9. The largest absolute Gasteiger partial charge is 0.493 e. The number of benzene rings is 4. The van der Waals surface area contributed by atoms with E-state index in [1.807, 2.05) is 48.5 Å². The summed E-state index contributed by atoms with van der Waals surface area (Å²) in [6.45, 7) is 1.46. The normalized spacial score (nSPS) is 11.4. The Balaban J connectivity index is 1.13. The van der Waals surface area contributed by atoms with E-state index in [-0.39, 0.29) is 5.78 Å². The maximum atomic E-state index is 13.1. The predicted octanol–water partition coefficient (Wildman–Crippen LogP) is 8.58. The Bertz CT molecular complexity index is 1940. The summed E-state index contributed by atoms with van der Waals surface area (Å²) in [6, 6.07) is 16.0. The second-order valence-electron chi connectivity index (χ2n) is 12.7. The van der Waals surface area contributed by atoms with Crippen LogP contribution in [0.25, 0.3) is 43.6 Å². The molecule has 11 nitrogen and oxygen atoms in total. The number of fused-ring (bicyclic) bond motifs is 6. The minimum atomic E-state index is 0.278. The van der Waals surface area contributed by atoms with Gasteiger partial charge in [-0.05, 0) is 49.9 Å². The number of nitrogens with zero attached hydrogens (tertiary/aromatic N) is 2. The number of carbonyl (C=O) groups excluding carboxylic acids is 1. The van der Waals surface area contributed by atoms with Crippen molar-refractivity contribution in [2.24, 2.45) is 0 Å². The molecule has 0 aliphatic rings. The highest BCUT2D eigenvalue weighted by Gasteiger charge is 2.20. The minimum absolute atomic E-state index is 0.278. The molecule has 276 valence electrons. The zero-order chi connectivity index (χ0) is 36.9. The Labute approximate surface area is 303 Å². The van der Waals surface area contributed by atoms with Crippen LogP contribution >= 0.6 is 0 Å². The molecule has 2 aromatic heterocycles. The van der Waals surface area contributed by atoms with Gasteiger partial charge in [-0.1, -0.05) is 0 Å². The Morgan fingerprint density at radius 1 is 0.385 bits per heavy atom. The molecule has 2 heterocycles. The van der Waals surface area contributed by atoms with E-state index >= 15 is 0 Å². The van der Waals surface area contributed by atoms with Gasteiger partial charge in [-0.2, -0.15) is 0 Å². The summed E-state index contributed by atoms with van der Waals surface area (Å²) in [4.78, 5) is 13.1. The molecular weight excluding hydrogens is 664 g/mol. The lowest BCUT2D eigenvalue weighted by Crippen LogP contribution is -2.03. The molecule has 0 spiro atoms. The number of ether oxygens (including phenoxy) is 8. The van der Waals surface area contributed by atoms with E-state index in [1.54, 1.807) is 56.9 Å². The molecule has 0 amide bonds. The van der Waals surface area contributed by atoms with Gasteiger partial charge in [0.05, 0.1) is 78.9 Å². The summed E-state index contributed by atoms with van der Waals surface area (Å²) >= 11 is 0. The molecule has 0 saturated carbocycles. The van der Waals surface area contributed by atoms with Crippen LogP contribution in [0.4, 0.5) is 0 Å². The molecule has 0 fully saturated rings. The SMILES string of the molecule is COc1cc2c3cc(OC)c(OC)cc3n(CCCCC(=O)CCCCn3c4cc(OC)c(OC)cc4c4cc(OC)c(OC)cc43)c2cc1OC. The average Bonchev–Trinajstić information content (AvgIpc) is 3.64. The first-order chi connectivity index (χ1) is 25.3. The number of hydrogen-bond acceptors (Lipinski definition) is 9. The minimum Gasteiger partial charge on any atom is -0.493 e. The maximum Gasteiger partial charge on any atom is 0.162 e. The highest BCUT2D eigenvalue weighted by Crippen LogP contribution is 2.43. The average molecular weight is 713 g/mol. The van der Waals surface area contributed by atoms with Crippen molar-refractivity contribution < 1.29 is 42.7 Å². The molecule has 0 unspecified atom stereocenters. The van der Waals surface area contributed by atoms with E-state index in [2.05, 4.69) is 9.13 Å². The number of hydrogen-bond donors (Lipinski definition) is 0. The van der Waals surface area contributed by atoms with Crippen LogP contribution in [0.3, 0.4) is 0 Å². The Morgan fingerprint density at radius 2 is 0.615 bits per heavy atom. The van der Waals surface area contributed by atoms with Gasteiger partial charge >= 0.3 is 0 Å². The second kappa shape index (κ2) is 15.8. The topological polar surface area (TPSA) is 101 Å². The lowest BCUT2D eigenvalue weighted by Gasteiger charge is -2.12. The van der Waals surface area contributed by atoms with Crippen molar-refractivity contribution in [2.45, 2.75) is 51.6 Å². The molecule has 0 bridgehead atoms. The van der Waals surface area contributed by atoms with Gasteiger partial charge in [0.1, 0.15) is 5.78 Å². The molecule has 0 N–H and O–H groups in total. The zero-order valence-corrected chi connectivity index (χ0v) is 31.3. The monoisotopic (exact) mass is 712 g/mol. The molecule has 0 saturated heterocycles. The molecule has 0 radical (unpaired) electrons. The highest BCUT2D eigenvalue weighted by molar-refractivity contribution is 6.11. The number of aromatic nitrogens is 2. The molecule has 0 atom stereocenters. The summed E-state index contributed by atoms with van der Waals surface area (Å²) in [5, 5.41) is 4.12. The van der Waals surface area contributed by atoms with Crippen molar-refractivity contribution in [1.82, 2.24) is 9.13 Å². The molecule has 52 heavy (non-hydrogen) atoms. The van der Waals surface area contributed by atoms with Crippen molar-refractivity contribution in [3.05, 3.63) is 48.5 Å². The van der Waals surface area contributed by atoms with Gasteiger partial charge in [-0.15, -0.1) is 0 Å². The summed E-state index contributed by atoms with van der Waals surface area (Å²) in [7, 11) is 13.1. The van der Waals surface area contributed by atoms with Gasteiger partial charge in [0.2, 0.25) is 0 Å². The van der Waals surface area contributed by atoms with Gasteiger partial charge in [0, 0.05) is 71.7 Å². The van der Waals surface area contributed by atoms with Crippen LogP contribution in [0, 0.1) is 0 Å². The van der Waals surface area contributed by atoms with Crippen molar-refractivity contribution in [3.8, 4) is 46.0 Å². The van der Waals surface area contributed by atoms with Crippen LogP contribution in [0.1, 0.15) is 38.5 Å². The fourth-order valence-electron chi connectivity index (χ4n) is 7.28. The van der Waals surface area contributed by atoms with E-state index < -0.39 is 0 Å². The second-order valence-corrected chi connectivity index (χ2v) is 12.7. The van der Waals surface area contributed by atoms with Crippen molar-refractivity contribution >= 4 is 49.4 Å². The first-order valence-electron chi connectivity index (χ1n) is 17.5. The Morgan fingerprint density at radius 3 is 0.846 bits per heavy atom. The van der Waals surface area contributed by atoms with Gasteiger partial charge in [-0.3, -0.25) is 4.79 Å². The van der Waals surface area contributed by atoms with E-state index in [0.717, 1.165) is 82.4 Å². The highest BCUT2D eigenvalue weighted by atomic mass is 16.5. The molecule has 4 aromatic carbocycles. The van der Waals surface area contributed by atoms with Crippen molar-refractivity contribution in [3.63, 3.8) is 0 Å². The fraction of sp³-hybridized carbons (Fsp3) is 0.390.